The highest BCUT2D eigenvalue weighted by Gasteiger charge is 2.38. The van der Waals surface area contributed by atoms with E-state index in [2.05, 4.69) is 41.2 Å². The molecule has 118 valence electrons. The summed E-state index contributed by atoms with van der Waals surface area (Å²) in [5, 5.41) is 3.68. The number of halogens is 1. The van der Waals surface area contributed by atoms with Crippen LogP contribution in [0.3, 0.4) is 0 Å². The van der Waals surface area contributed by atoms with E-state index in [1.807, 2.05) is 12.1 Å². The predicted molar refractivity (Wildman–Crippen MR) is 90.1 cm³/mol. The van der Waals surface area contributed by atoms with Crippen LogP contribution in [0.4, 0.5) is 0 Å². The molecule has 2 unspecified atom stereocenters. The summed E-state index contributed by atoms with van der Waals surface area (Å²) in [5.74, 6) is 0.947. The molecule has 1 N–H and O–H groups in total. The second-order valence-corrected chi connectivity index (χ2v) is 6.85. The summed E-state index contributed by atoms with van der Waals surface area (Å²) in [7, 11) is 1.73. The molecule has 0 bridgehead atoms. The van der Waals surface area contributed by atoms with Crippen molar-refractivity contribution < 1.29 is 9.47 Å². The molecule has 0 saturated carbocycles. The maximum absolute atomic E-state index is 6.06. The van der Waals surface area contributed by atoms with Crippen molar-refractivity contribution in [3.63, 3.8) is 0 Å². The Balaban J connectivity index is 2.20. The van der Waals surface area contributed by atoms with Crippen LogP contribution in [0.25, 0.3) is 0 Å². The van der Waals surface area contributed by atoms with Crippen molar-refractivity contribution in [2.24, 2.45) is 0 Å². The minimum atomic E-state index is -0.0809. The van der Waals surface area contributed by atoms with Crippen LogP contribution >= 0.6 is 15.9 Å². The van der Waals surface area contributed by atoms with Crippen molar-refractivity contribution in [3.8, 4) is 5.75 Å². The van der Waals surface area contributed by atoms with Crippen molar-refractivity contribution in [2.45, 2.75) is 51.2 Å². The van der Waals surface area contributed by atoms with Gasteiger partial charge in [0.15, 0.2) is 0 Å². The number of benzene rings is 1. The Morgan fingerprint density at radius 3 is 2.90 bits per heavy atom. The van der Waals surface area contributed by atoms with Crippen molar-refractivity contribution in [2.75, 3.05) is 20.3 Å². The third-order valence-electron chi connectivity index (χ3n) is 4.29. The van der Waals surface area contributed by atoms with Gasteiger partial charge in [-0.15, -0.1) is 0 Å². The molecule has 3 nitrogen and oxygen atoms in total. The zero-order valence-electron chi connectivity index (χ0n) is 13.2. The number of methoxy groups -OCH3 is 1. The van der Waals surface area contributed by atoms with E-state index in [9.17, 15) is 0 Å². The predicted octanol–water partition coefficient (Wildman–Crippen LogP) is 3.94. The fourth-order valence-electron chi connectivity index (χ4n) is 3.02. The smallest absolute Gasteiger partial charge is 0.122 e. The molecule has 1 saturated heterocycles. The van der Waals surface area contributed by atoms with Crippen molar-refractivity contribution in [1.82, 2.24) is 5.32 Å². The minimum Gasteiger partial charge on any atom is -0.496 e. The highest BCUT2D eigenvalue weighted by atomic mass is 79.9. The first-order chi connectivity index (χ1) is 10.1. The van der Waals surface area contributed by atoms with Gasteiger partial charge in [0.1, 0.15) is 5.75 Å². The third kappa shape index (κ3) is 4.21. The second-order valence-electron chi connectivity index (χ2n) is 5.93. The van der Waals surface area contributed by atoms with Crippen molar-refractivity contribution in [1.29, 1.82) is 0 Å². The molecule has 0 aliphatic carbocycles. The van der Waals surface area contributed by atoms with Gasteiger partial charge in [0.05, 0.1) is 12.7 Å². The highest BCUT2D eigenvalue weighted by Crippen LogP contribution is 2.33. The van der Waals surface area contributed by atoms with E-state index < -0.39 is 0 Å². The van der Waals surface area contributed by atoms with Gasteiger partial charge in [-0.3, -0.25) is 0 Å². The van der Waals surface area contributed by atoms with Gasteiger partial charge >= 0.3 is 0 Å². The summed E-state index contributed by atoms with van der Waals surface area (Å²) in [6, 6.07) is 6.50. The van der Waals surface area contributed by atoms with E-state index in [-0.39, 0.29) is 5.60 Å². The van der Waals surface area contributed by atoms with Crippen molar-refractivity contribution >= 4 is 15.9 Å². The molecule has 0 amide bonds. The van der Waals surface area contributed by atoms with Gasteiger partial charge in [0, 0.05) is 17.1 Å². The van der Waals surface area contributed by atoms with E-state index in [1.54, 1.807) is 7.11 Å². The Morgan fingerprint density at radius 2 is 2.29 bits per heavy atom. The topological polar surface area (TPSA) is 30.5 Å². The molecule has 4 heteroatoms. The first-order valence-electron chi connectivity index (χ1n) is 7.79. The zero-order valence-corrected chi connectivity index (χ0v) is 14.8. The molecule has 2 rings (SSSR count). The molecule has 1 aliphatic rings. The lowest BCUT2D eigenvalue weighted by molar-refractivity contribution is -0.0115. The number of hydrogen-bond donors (Lipinski definition) is 1. The molecular formula is C17H26BrNO2. The van der Waals surface area contributed by atoms with Gasteiger partial charge in [0.2, 0.25) is 0 Å². The van der Waals surface area contributed by atoms with Crippen LogP contribution < -0.4 is 10.1 Å². The molecule has 1 heterocycles. The summed E-state index contributed by atoms with van der Waals surface area (Å²) < 4.78 is 12.7. The van der Waals surface area contributed by atoms with Crippen LogP contribution in [-0.2, 0) is 11.2 Å². The molecule has 1 aliphatic heterocycles. The Morgan fingerprint density at radius 1 is 1.48 bits per heavy atom. The van der Waals surface area contributed by atoms with Crippen LogP contribution in [0.5, 0.6) is 5.75 Å². The quantitative estimate of drug-likeness (QED) is 0.803. The standard InChI is InChI=1S/C17H26BrNO2/c1-4-9-19-16(17(2)8-5-10-21-17)12-13-11-14(18)6-7-15(13)20-3/h6-7,11,16,19H,4-5,8-10,12H2,1-3H3. The number of nitrogens with one attached hydrogen (secondary N) is 1. The lowest BCUT2D eigenvalue weighted by Gasteiger charge is -2.34. The summed E-state index contributed by atoms with van der Waals surface area (Å²) in [6.07, 6.45) is 4.31. The first-order valence-corrected chi connectivity index (χ1v) is 8.58. The van der Waals surface area contributed by atoms with Crippen molar-refractivity contribution in [3.05, 3.63) is 28.2 Å². The number of ether oxygens (including phenoxy) is 2. The molecule has 1 fully saturated rings. The van der Waals surface area contributed by atoms with Crippen LogP contribution in [0.2, 0.25) is 0 Å². The first kappa shape index (κ1) is 16.8. The van der Waals surface area contributed by atoms with Crippen LogP contribution in [0.15, 0.2) is 22.7 Å². The van der Waals surface area contributed by atoms with Crippen LogP contribution in [-0.4, -0.2) is 31.9 Å². The fourth-order valence-corrected chi connectivity index (χ4v) is 3.43. The highest BCUT2D eigenvalue weighted by molar-refractivity contribution is 9.10. The summed E-state index contributed by atoms with van der Waals surface area (Å²) in [6.45, 7) is 6.32. The van der Waals surface area contributed by atoms with E-state index in [1.165, 1.54) is 5.56 Å². The average Bonchev–Trinajstić information content (AvgIpc) is 2.91. The van der Waals surface area contributed by atoms with Gasteiger partial charge in [-0.2, -0.15) is 0 Å². The monoisotopic (exact) mass is 355 g/mol. The Bertz CT molecular complexity index is 458. The van der Waals surface area contributed by atoms with Gasteiger partial charge in [-0.05, 0) is 62.9 Å². The Kier molecular flexibility index (Phi) is 6.08. The SMILES string of the molecule is CCCNC(Cc1cc(Br)ccc1OC)C1(C)CCCO1. The molecule has 0 spiro atoms. The maximum Gasteiger partial charge on any atom is 0.122 e. The molecule has 2 atom stereocenters. The van der Waals surface area contributed by atoms with E-state index in [0.29, 0.717) is 6.04 Å². The summed E-state index contributed by atoms with van der Waals surface area (Å²) in [4.78, 5) is 0. The van der Waals surface area contributed by atoms with Gasteiger partial charge in [-0.1, -0.05) is 22.9 Å². The molecule has 1 aromatic rings. The summed E-state index contributed by atoms with van der Waals surface area (Å²) >= 11 is 3.56. The van der Waals surface area contributed by atoms with Crippen LogP contribution in [0.1, 0.15) is 38.7 Å². The lowest BCUT2D eigenvalue weighted by Crippen LogP contribution is -2.50. The molecule has 1 aromatic carbocycles. The lowest BCUT2D eigenvalue weighted by atomic mass is 9.88. The molecule has 0 radical (unpaired) electrons. The van der Waals surface area contributed by atoms with Gasteiger partial charge < -0.3 is 14.8 Å². The maximum atomic E-state index is 6.06. The van der Waals surface area contributed by atoms with Gasteiger partial charge in [-0.25, -0.2) is 0 Å². The normalized spacial score (nSPS) is 23.2. The summed E-state index contributed by atoms with van der Waals surface area (Å²) in [5.41, 5.74) is 1.14. The average molecular weight is 356 g/mol. The molecule has 21 heavy (non-hydrogen) atoms. The molecular weight excluding hydrogens is 330 g/mol. The van der Waals surface area contributed by atoms with E-state index in [4.69, 9.17) is 9.47 Å². The number of rotatable bonds is 7. The minimum absolute atomic E-state index is 0.0809. The van der Waals surface area contributed by atoms with Crippen LogP contribution in [0, 0.1) is 0 Å². The third-order valence-corrected chi connectivity index (χ3v) is 4.79. The zero-order chi connectivity index (χ0) is 15.3. The largest absolute Gasteiger partial charge is 0.496 e. The second kappa shape index (κ2) is 7.61. The van der Waals surface area contributed by atoms with E-state index >= 15 is 0 Å². The number of hydrogen-bond acceptors (Lipinski definition) is 3. The molecule has 0 aromatic heterocycles. The Labute approximate surface area is 136 Å². The Hall–Kier alpha value is -0.580. The van der Waals surface area contributed by atoms with E-state index in [0.717, 1.165) is 49.1 Å². The fraction of sp³-hybridized carbons (Fsp3) is 0.647. The van der Waals surface area contributed by atoms with Gasteiger partial charge in [0.25, 0.3) is 0 Å².